The van der Waals surface area contributed by atoms with E-state index in [9.17, 15) is 0 Å². The minimum absolute atomic E-state index is 0.185. The van der Waals surface area contributed by atoms with Crippen molar-refractivity contribution in [1.82, 2.24) is 25.9 Å². The molecule has 0 spiro atoms. The summed E-state index contributed by atoms with van der Waals surface area (Å²) in [6, 6.07) is 11.1. The summed E-state index contributed by atoms with van der Waals surface area (Å²) in [6.07, 6.45) is 3.02. The number of hydrogen-bond acceptors (Lipinski definition) is 12. The van der Waals surface area contributed by atoms with Gasteiger partial charge in [-0.15, -0.1) is 0 Å². The Morgan fingerprint density at radius 2 is 1.53 bits per heavy atom. The number of hydrazine groups is 2. The zero-order valence-electron chi connectivity index (χ0n) is 19.4. The first-order chi connectivity index (χ1) is 16.7. The predicted octanol–water partition coefficient (Wildman–Crippen LogP) is 2.58. The maximum Gasteiger partial charge on any atom is 0.232 e. The summed E-state index contributed by atoms with van der Waals surface area (Å²) in [6.45, 7) is 0.900. The first-order valence-corrected chi connectivity index (χ1v) is 10.6. The second kappa shape index (κ2) is 13.0. The molecule has 3 rings (SSSR count). The van der Waals surface area contributed by atoms with Gasteiger partial charge in [-0.2, -0.15) is 10.5 Å². The van der Waals surface area contributed by atoms with E-state index >= 15 is 0 Å². The highest BCUT2D eigenvalue weighted by atomic mass is 16.5. The van der Waals surface area contributed by atoms with Crippen molar-refractivity contribution >= 4 is 29.0 Å². The molecule has 3 aromatic rings. The van der Waals surface area contributed by atoms with Gasteiger partial charge in [0.25, 0.3) is 0 Å². The van der Waals surface area contributed by atoms with Gasteiger partial charge in [0.2, 0.25) is 17.6 Å². The Hall–Kier alpha value is -3.87. The van der Waals surface area contributed by atoms with E-state index in [1.165, 1.54) is 6.33 Å². The summed E-state index contributed by atoms with van der Waals surface area (Å²) >= 11 is 0. The van der Waals surface area contributed by atoms with Crippen LogP contribution in [0, 0.1) is 0 Å². The van der Waals surface area contributed by atoms with Crippen LogP contribution < -0.4 is 41.2 Å². The van der Waals surface area contributed by atoms with Crippen LogP contribution in [0.2, 0.25) is 0 Å². The number of benzene rings is 2. The lowest BCUT2D eigenvalue weighted by Gasteiger charge is -2.15. The fourth-order valence-corrected chi connectivity index (χ4v) is 3.02. The first-order valence-electron chi connectivity index (χ1n) is 10.6. The third kappa shape index (κ3) is 6.81. The van der Waals surface area contributed by atoms with Gasteiger partial charge in [0.05, 0.1) is 32.7 Å². The number of nitrogens with zero attached hydrogens (tertiary/aromatic N) is 3. The van der Waals surface area contributed by atoms with Gasteiger partial charge >= 0.3 is 0 Å². The second-order valence-corrected chi connectivity index (χ2v) is 6.95. The standard InChI is InChI=1S/C22H30N8O4/c1-32-18-12-15(13-19(33-2)20(18)34-3)26-21-23-14-24-22(28-21)27-16-8-4-5-9-17(16)29-30-25-10-6-7-11-31/h4-5,8-9,12-14,25,29-31H,6-7,10-11H2,1-3H3,(H2,23,24,26,27,28). The average molecular weight is 471 g/mol. The van der Waals surface area contributed by atoms with E-state index in [0.29, 0.717) is 41.4 Å². The van der Waals surface area contributed by atoms with Crippen molar-refractivity contribution in [3.8, 4) is 17.2 Å². The lowest BCUT2D eigenvalue weighted by atomic mass is 10.2. The summed E-state index contributed by atoms with van der Waals surface area (Å²) in [5.74, 6) is 2.20. The Kier molecular flexibility index (Phi) is 9.46. The molecule has 182 valence electrons. The summed E-state index contributed by atoms with van der Waals surface area (Å²) in [5.41, 5.74) is 11.3. The summed E-state index contributed by atoms with van der Waals surface area (Å²) in [5, 5.41) is 15.2. The molecule has 1 heterocycles. The molecular weight excluding hydrogens is 440 g/mol. The molecule has 0 aliphatic heterocycles. The van der Waals surface area contributed by atoms with Crippen molar-refractivity contribution in [2.24, 2.45) is 0 Å². The minimum atomic E-state index is 0.185. The van der Waals surface area contributed by atoms with Crippen LogP contribution in [0.15, 0.2) is 42.7 Å². The number of unbranched alkanes of at least 4 members (excludes halogenated alkanes) is 1. The number of nitrogens with one attached hydrogen (secondary N) is 5. The van der Waals surface area contributed by atoms with E-state index in [2.05, 4.69) is 42.0 Å². The number of aliphatic hydroxyl groups excluding tert-OH is 1. The highest BCUT2D eigenvalue weighted by molar-refractivity contribution is 5.72. The van der Waals surface area contributed by atoms with Gasteiger partial charge in [-0.3, -0.25) is 0 Å². The molecule has 0 saturated carbocycles. The largest absolute Gasteiger partial charge is 0.493 e. The Morgan fingerprint density at radius 1 is 0.853 bits per heavy atom. The van der Waals surface area contributed by atoms with Crippen LogP contribution in [0.25, 0.3) is 0 Å². The lowest BCUT2D eigenvalue weighted by molar-refractivity contribution is 0.283. The Labute approximate surface area is 198 Å². The predicted molar refractivity (Wildman–Crippen MR) is 130 cm³/mol. The smallest absolute Gasteiger partial charge is 0.232 e. The molecule has 0 aliphatic carbocycles. The number of aliphatic hydroxyl groups is 1. The Balaban J connectivity index is 1.69. The lowest BCUT2D eigenvalue weighted by Crippen LogP contribution is -2.37. The van der Waals surface area contributed by atoms with Crippen LogP contribution in [0.1, 0.15) is 12.8 Å². The minimum Gasteiger partial charge on any atom is -0.493 e. The van der Waals surface area contributed by atoms with Crippen LogP contribution in [-0.2, 0) is 0 Å². The van der Waals surface area contributed by atoms with E-state index < -0.39 is 0 Å². The van der Waals surface area contributed by atoms with Gasteiger partial charge in [0, 0.05) is 31.0 Å². The molecule has 1 aromatic heterocycles. The molecule has 0 amide bonds. The van der Waals surface area contributed by atoms with E-state index in [1.807, 2.05) is 24.3 Å². The zero-order valence-corrected chi connectivity index (χ0v) is 19.4. The molecule has 2 aromatic carbocycles. The van der Waals surface area contributed by atoms with Gasteiger partial charge in [0.1, 0.15) is 6.33 Å². The van der Waals surface area contributed by atoms with Gasteiger partial charge in [-0.1, -0.05) is 12.1 Å². The number of rotatable bonds is 14. The molecule has 0 aliphatic rings. The molecule has 12 heteroatoms. The van der Waals surface area contributed by atoms with Crippen molar-refractivity contribution in [1.29, 1.82) is 0 Å². The van der Waals surface area contributed by atoms with Crippen LogP contribution in [0.3, 0.4) is 0 Å². The van der Waals surface area contributed by atoms with Crippen molar-refractivity contribution < 1.29 is 19.3 Å². The van der Waals surface area contributed by atoms with Crippen LogP contribution >= 0.6 is 0 Å². The van der Waals surface area contributed by atoms with Gasteiger partial charge in [-0.25, -0.2) is 15.4 Å². The van der Waals surface area contributed by atoms with E-state index in [0.717, 1.165) is 24.2 Å². The van der Waals surface area contributed by atoms with E-state index in [4.69, 9.17) is 19.3 Å². The Morgan fingerprint density at radius 3 is 2.18 bits per heavy atom. The fourth-order valence-electron chi connectivity index (χ4n) is 3.02. The van der Waals surface area contributed by atoms with Crippen molar-refractivity contribution in [3.05, 3.63) is 42.7 Å². The van der Waals surface area contributed by atoms with Crippen LogP contribution in [-0.4, -0.2) is 54.5 Å². The third-order valence-corrected chi connectivity index (χ3v) is 4.66. The fraction of sp³-hybridized carbons (Fsp3) is 0.318. The number of para-hydroxylation sites is 2. The number of methoxy groups -OCH3 is 3. The molecule has 12 nitrogen and oxygen atoms in total. The monoisotopic (exact) mass is 470 g/mol. The van der Waals surface area contributed by atoms with Gasteiger partial charge < -0.3 is 35.4 Å². The number of aromatic nitrogens is 3. The topological polar surface area (TPSA) is 147 Å². The number of hydrogen-bond donors (Lipinski definition) is 6. The highest BCUT2D eigenvalue weighted by Gasteiger charge is 2.14. The second-order valence-electron chi connectivity index (χ2n) is 6.95. The van der Waals surface area contributed by atoms with Crippen molar-refractivity contribution in [3.63, 3.8) is 0 Å². The zero-order chi connectivity index (χ0) is 24.2. The number of anilines is 5. The summed E-state index contributed by atoms with van der Waals surface area (Å²) < 4.78 is 16.1. The molecule has 6 N–H and O–H groups in total. The quantitative estimate of drug-likeness (QED) is 0.152. The first kappa shape index (κ1) is 24.8. The normalized spacial score (nSPS) is 10.5. The van der Waals surface area contributed by atoms with Gasteiger partial charge in [-0.05, 0) is 25.0 Å². The van der Waals surface area contributed by atoms with E-state index in [1.54, 1.807) is 33.5 Å². The molecule has 0 saturated heterocycles. The van der Waals surface area contributed by atoms with Crippen LogP contribution in [0.4, 0.5) is 29.0 Å². The summed E-state index contributed by atoms with van der Waals surface area (Å²) in [4.78, 5) is 12.9. The van der Waals surface area contributed by atoms with E-state index in [-0.39, 0.29) is 6.61 Å². The van der Waals surface area contributed by atoms with Crippen molar-refractivity contribution in [2.75, 3.05) is 50.5 Å². The molecular formula is C22H30N8O4. The molecule has 34 heavy (non-hydrogen) atoms. The SMILES string of the molecule is COc1cc(Nc2ncnc(Nc3ccccc3NNNCCCCO)n2)cc(OC)c1OC. The van der Waals surface area contributed by atoms with Crippen molar-refractivity contribution in [2.45, 2.75) is 12.8 Å². The van der Waals surface area contributed by atoms with Crippen LogP contribution in [0.5, 0.6) is 17.2 Å². The molecule has 0 fully saturated rings. The third-order valence-electron chi connectivity index (χ3n) is 4.66. The summed E-state index contributed by atoms with van der Waals surface area (Å²) in [7, 11) is 4.65. The average Bonchev–Trinajstić information content (AvgIpc) is 2.86. The van der Waals surface area contributed by atoms with Gasteiger partial charge in [0.15, 0.2) is 11.5 Å². The molecule has 0 bridgehead atoms. The molecule has 0 radical (unpaired) electrons. The maximum absolute atomic E-state index is 8.84. The maximum atomic E-state index is 8.84. The number of ether oxygens (including phenoxy) is 3. The Bertz CT molecular complexity index is 1030. The highest BCUT2D eigenvalue weighted by Crippen LogP contribution is 2.40. The molecule has 0 unspecified atom stereocenters. The molecule has 0 atom stereocenters.